The van der Waals surface area contributed by atoms with Crippen LogP contribution in [-0.2, 0) is 0 Å². The summed E-state index contributed by atoms with van der Waals surface area (Å²) in [6.45, 7) is 1.47. The molecule has 0 aliphatic heterocycles. The molecular weight excluding hydrogens is 255 g/mol. The van der Waals surface area contributed by atoms with Crippen molar-refractivity contribution in [2.24, 2.45) is 0 Å². The molecule has 0 aliphatic carbocycles. The number of nitrogens with one attached hydrogen (secondary N) is 2. The molecule has 98 valence electrons. The van der Waals surface area contributed by atoms with Gasteiger partial charge in [-0.25, -0.2) is 19.2 Å². The minimum absolute atomic E-state index is 0.116. The summed E-state index contributed by atoms with van der Waals surface area (Å²) in [5, 5.41) is 10.5. The molecule has 3 N–H and O–H groups in total. The van der Waals surface area contributed by atoms with Gasteiger partial charge in [0.25, 0.3) is 5.56 Å². The van der Waals surface area contributed by atoms with Crippen molar-refractivity contribution >= 4 is 11.8 Å². The number of amides is 1. The van der Waals surface area contributed by atoms with Crippen molar-refractivity contribution in [3.63, 3.8) is 0 Å². The van der Waals surface area contributed by atoms with Gasteiger partial charge in [-0.2, -0.15) is 0 Å². The fourth-order valence-corrected chi connectivity index (χ4v) is 1.40. The number of carboxylic acid groups (broad SMARTS) is 1. The summed E-state index contributed by atoms with van der Waals surface area (Å²) in [6.07, 6.45) is -0.341. The van der Waals surface area contributed by atoms with E-state index in [2.05, 4.69) is 15.0 Å². The van der Waals surface area contributed by atoms with Crippen LogP contribution in [0.5, 0.6) is 0 Å². The molecule has 0 unspecified atom stereocenters. The molecule has 7 nitrogen and oxygen atoms in total. The van der Waals surface area contributed by atoms with Gasteiger partial charge in [-0.05, 0) is 19.1 Å². The van der Waals surface area contributed by atoms with Crippen molar-refractivity contribution in [2.75, 3.05) is 5.32 Å². The fraction of sp³-hybridized carbons (Fsp3) is 0.0909. The van der Waals surface area contributed by atoms with Crippen LogP contribution in [0.15, 0.2) is 23.1 Å². The van der Waals surface area contributed by atoms with Gasteiger partial charge in [0.1, 0.15) is 5.69 Å². The molecule has 8 heteroatoms. The Morgan fingerprint density at radius 2 is 2.21 bits per heavy atom. The Morgan fingerprint density at radius 3 is 2.79 bits per heavy atom. The van der Waals surface area contributed by atoms with Crippen molar-refractivity contribution in [3.8, 4) is 11.5 Å². The molecule has 0 bridgehead atoms. The average molecular weight is 264 g/mol. The smallest absolute Gasteiger partial charge is 0.409 e. The van der Waals surface area contributed by atoms with Crippen LogP contribution in [0.1, 0.15) is 5.69 Å². The van der Waals surface area contributed by atoms with E-state index in [9.17, 15) is 14.0 Å². The molecule has 0 fully saturated rings. The summed E-state index contributed by atoms with van der Waals surface area (Å²) in [5.74, 6) is -0.395. The summed E-state index contributed by atoms with van der Waals surface area (Å²) in [4.78, 5) is 32.1. The maximum Gasteiger partial charge on any atom is 0.409 e. The highest BCUT2D eigenvalue weighted by Crippen LogP contribution is 2.13. The lowest BCUT2D eigenvalue weighted by Crippen LogP contribution is -2.18. The summed E-state index contributed by atoms with van der Waals surface area (Å²) in [6, 6.07) is 2.71. The molecule has 0 saturated carbocycles. The topological polar surface area (TPSA) is 108 Å². The first-order valence-electron chi connectivity index (χ1n) is 5.20. The van der Waals surface area contributed by atoms with E-state index >= 15 is 0 Å². The molecular formula is C11H9FN4O3. The molecule has 1 amide bonds. The number of H-pyrrole nitrogens is 1. The molecule has 0 aliphatic rings. The number of aromatic nitrogens is 3. The van der Waals surface area contributed by atoms with E-state index in [0.717, 1.165) is 6.20 Å². The number of pyridine rings is 1. The number of hydrogen-bond acceptors (Lipinski definition) is 4. The van der Waals surface area contributed by atoms with E-state index in [1.165, 1.54) is 19.1 Å². The van der Waals surface area contributed by atoms with Crippen LogP contribution < -0.4 is 10.9 Å². The van der Waals surface area contributed by atoms with Gasteiger partial charge in [0, 0.05) is 0 Å². The zero-order valence-electron chi connectivity index (χ0n) is 9.77. The monoisotopic (exact) mass is 264 g/mol. The zero-order chi connectivity index (χ0) is 14.0. The SMILES string of the molecule is Cc1nc(-c2ccc(NC(=O)O)c(=O)[nH]2)ncc1F. The Morgan fingerprint density at radius 1 is 1.47 bits per heavy atom. The van der Waals surface area contributed by atoms with Crippen LogP contribution >= 0.6 is 0 Å². The summed E-state index contributed by atoms with van der Waals surface area (Å²) < 4.78 is 13.0. The van der Waals surface area contributed by atoms with E-state index in [1.807, 2.05) is 5.32 Å². The molecule has 0 radical (unpaired) electrons. The first-order chi connectivity index (χ1) is 8.97. The quantitative estimate of drug-likeness (QED) is 0.759. The standard InChI is InChI=1S/C11H9FN4O3/c1-5-6(12)4-13-9(14-5)7-2-3-8(10(17)15-7)16-11(18)19/h2-4,16H,1H3,(H,15,17)(H,18,19). The molecule has 0 atom stereocenters. The van der Waals surface area contributed by atoms with Gasteiger partial charge < -0.3 is 10.1 Å². The predicted octanol–water partition coefficient (Wildman–Crippen LogP) is 1.37. The van der Waals surface area contributed by atoms with Crippen molar-refractivity contribution in [1.29, 1.82) is 0 Å². The van der Waals surface area contributed by atoms with Crippen LogP contribution in [0.25, 0.3) is 11.5 Å². The fourth-order valence-electron chi connectivity index (χ4n) is 1.40. The summed E-state index contributed by atoms with van der Waals surface area (Å²) >= 11 is 0. The third kappa shape index (κ3) is 2.73. The second-order valence-corrected chi connectivity index (χ2v) is 3.67. The number of halogens is 1. The first-order valence-corrected chi connectivity index (χ1v) is 5.20. The van der Waals surface area contributed by atoms with Gasteiger partial charge in [0.05, 0.1) is 17.6 Å². The van der Waals surface area contributed by atoms with Gasteiger partial charge in [-0.1, -0.05) is 0 Å². The summed E-state index contributed by atoms with van der Waals surface area (Å²) in [5.41, 5.74) is -0.330. The first kappa shape index (κ1) is 12.7. The lowest BCUT2D eigenvalue weighted by Gasteiger charge is -2.04. The minimum Gasteiger partial charge on any atom is -0.465 e. The molecule has 19 heavy (non-hydrogen) atoms. The third-order valence-corrected chi connectivity index (χ3v) is 2.31. The Labute approximate surface area is 106 Å². The number of aromatic amines is 1. The van der Waals surface area contributed by atoms with Crippen molar-refractivity contribution < 1.29 is 14.3 Å². The third-order valence-electron chi connectivity index (χ3n) is 2.31. The van der Waals surface area contributed by atoms with Gasteiger partial charge in [0.2, 0.25) is 0 Å². The number of aryl methyl sites for hydroxylation is 1. The van der Waals surface area contributed by atoms with Crippen LogP contribution in [0.4, 0.5) is 14.9 Å². The number of anilines is 1. The molecule has 2 aromatic rings. The maximum absolute atomic E-state index is 13.0. The summed E-state index contributed by atoms with van der Waals surface area (Å²) in [7, 11) is 0. The van der Waals surface area contributed by atoms with E-state index in [-0.39, 0.29) is 22.9 Å². The highest BCUT2D eigenvalue weighted by atomic mass is 19.1. The Hall–Kier alpha value is -2.77. The molecule has 2 rings (SSSR count). The van der Waals surface area contributed by atoms with E-state index in [0.29, 0.717) is 0 Å². The van der Waals surface area contributed by atoms with Crippen LogP contribution in [0.2, 0.25) is 0 Å². The second-order valence-electron chi connectivity index (χ2n) is 3.67. The minimum atomic E-state index is -1.34. The Bertz CT molecular complexity index is 699. The highest BCUT2D eigenvalue weighted by Gasteiger charge is 2.09. The van der Waals surface area contributed by atoms with Crippen LogP contribution in [0.3, 0.4) is 0 Å². The van der Waals surface area contributed by atoms with Crippen LogP contribution in [0, 0.1) is 12.7 Å². The second kappa shape index (κ2) is 4.84. The number of rotatable bonds is 2. The average Bonchev–Trinajstić information content (AvgIpc) is 2.35. The Balaban J connectivity index is 2.41. The van der Waals surface area contributed by atoms with Gasteiger partial charge in [-0.15, -0.1) is 0 Å². The highest BCUT2D eigenvalue weighted by molar-refractivity contribution is 5.82. The lowest BCUT2D eigenvalue weighted by atomic mass is 10.3. The lowest BCUT2D eigenvalue weighted by molar-refractivity contribution is 0.209. The molecule has 2 aromatic heterocycles. The molecule has 0 spiro atoms. The number of carbonyl (C=O) groups is 1. The Kier molecular flexibility index (Phi) is 3.23. The van der Waals surface area contributed by atoms with Gasteiger partial charge in [-0.3, -0.25) is 10.1 Å². The van der Waals surface area contributed by atoms with Crippen molar-refractivity contribution in [2.45, 2.75) is 6.92 Å². The zero-order valence-corrected chi connectivity index (χ0v) is 9.77. The molecule has 0 aromatic carbocycles. The number of nitrogens with zero attached hydrogens (tertiary/aromatic N) is 2. The molecule has 0 saturated heterocycles. The number of hydrogen-bond donors (Lipinski definition) is 3. The van der Waals surface area contributed by atoms with Crippen molar-refractivity contribution in [1.82, 2.24) is 15.0 Å². The molecule has 2 heterocycles. The van der Waals surface area contributed by atoms with Gasteiger partial charge >= 0.3 is 6.09 Å². The van der Waals surface area contributed by atoms with E-state index in [4.69, 9.17) is 5.11 Å². The normalized spacial score (nSPS) is 10.2. The maximum atomic E-state index is 13.0. The van der Waals surface area contributed by atoms with E-state index in [1.54, 1.807) is 0 Å². The van der Waals surface area contributed by atoms with Gasteiger partial charge in [0.15, 0.2) is 11.6 Å². The van der Waals surface area contributed by atoms with E-state index < -0.39 is 17.5 Å². The van der Waals surface area contributed by atoms with Crippen molar-refractivity contribution in [3.05, 3.63) is 40.2 Å². The largest absolute Gasteiger partial charge is 0.465 e. The van der Waals surface area contributed by atoms with Crippen LogP contribution in [-0.4, -0.2) is 26.2 Å². The predicted molar refractivity (Wildman–Crippen MR) is 64.4 cm³/mol.